The van der Waals surface area contributed by atoms with Gasteiger partial charge in [-0.25, -0.2) is 4.79 Å². The molecular formula is C21H16N2O5. The molecule has 0 aliphatic heterocycles. The lowest BCUT2D eigenvalue weighted by Gasteiger charge is -2.09. The van der Waals surface area contributed by atoms with Gasteiger partial charge >= 0.3 is 5.63 Å². The van der Waals surface area contributed by atoms with Crippen LogP contribution in [0.25, 0.3) is 21.9 Å². The van der Waals surface area contributed by atoms with Crippen LogP contribution in [0.15, 0.2) is 68.6 Å². The summed E-state index contributed by atoms with van der Waals surface area (Å²) in [6.07, 6.45) is 0. The first-order chi connectivity index (χ1) is 13.5. The highest BCUT2D eigenvalue weighted by Gasteiger charge is 2.14. The first-order valence-electron chi connectivity index (χ1n) is 8.54. The van der Waals surface area contributed by atoms with Crippen molar-refractivity contribution in [3.05, 3.63) is 86.5 Å². The van der Waals surface area contributed by atoms with Gasteiger partial charge in [-0.15, -0.1) is 0 Å². The highest BCUT2D eigenvalue weighted by molar-refractivity contribution is 6.06. The number of hydrogen-bond acceptors (Lipinski definition) is 5. The van der Waals surface area contributed by atoms with E-state index in [0.717, 1.165) is 10.9 Å². The Morgan fingerprint density at radius 3 is 2.75 bits per heavy atom. The summed E-state index contributed by atoms with van der Waals surface area (Å²) in [7, 11) is 1.55. The standard InChI is InChI=1S/C21H16N2O5/c1-27-11-13-9-19(24)23-17-10-14(6-7-15(13)17)22-20(25)16-8-12-4-2-3-5-18(12)28-21(16)26/h2-10H,11H2,1H3,(H,22,25)(H,23,24). The molecule has 0 bridgehead atoms. The number of nitrogens with one attached hydrogen (secondary N) is 2. The zero-order chi connectivity index (χ0) is 19.7. The largest absolute Gasteiger partial charge is 0.422 e. The molecule has 0 atom stereocenters. The number of pyridine rings is 1. The van der Waals surface area contributed by atoms with Crippen LogP contribution < -0.4 is 16.5 Å². The number of benzene rings is 2. The van der Waals surface area contributed by atoms with Crippen LogP contribution in [-0.2, 0) is 11.3 Å². The molecule has 4 rings (SSSR count). The summed E-state index contributed by atoms with van der Waals surface area (Å²) >= 11 is 0. The number of para-hydroxylation sites is 1. The molecule has 0 saturated heterocycles. The zero-order valence-electron chi connectivity index (χ0n) is 14.9. The second-order valence-corrected chi connectivity index (χ2v) is 6.29. The quantitative estimate of drug-likeness (QED) is 0.533. The van der Waals surface area contributed by atoms with Crippen LogP contribution in [-0.4, -0.2) is 18.0 Å². The molecule has 2 N–H and O–H groups in total. The molecule has 140 valence electrons. The van der Waals surface area contributed by atoms with Gasteiger partial charge in [0, 0.05) is 29.6 Å². The van der Waals surface area contributed by atoms with Crippen molar-refractivity contribution in [2.45, 2.75) is 6.61 Å². The fourth-order valence-corrected chi connectivity index (χ4v) is 3.10. The van der Waals surface area contributed by atoms with Gasteiger partial charge in [0.2, 0.25) is 5.56 Å². The molecule has 7 heteroatoms. The van der Waals surface area contributed by atoms with E-state index in [1.165, 1.54) is 12.1 Å². The topological polar surface area (TPSA) is 101 Å². The maximum Gasteiger partial charge on any atom is 0.349 e. The van der Waals surface area contributed by atoms with Gasteiger partial charge in [0.25, 0.3) is 5.91 Å². The summed E-state index contributed by atoms with van der Waals surface area (Å²) in [4.78, 5) is 39.3. The Kier molecular flexibility index (Phi) is 4.50. The number of anilines is 1. The van der Waals surface area contributed by atoms with Gasteiger partial charge in [-0.05, 0) is 29.8 Å². The summed E-state index contributed by atoms with van der Waals surface area (Å²) in [5.74, 6) is -0.589. The summed E-state index contributed by atoms with van der Waals surface area (Å²) in [6.45, 7) is 0.296. The van der Waals surface area contributed by atoms with Gasteiger partial charge in [0.1, 0.15) is 11.1 Å². The van der Waals surface area contributed by atoms with E-state index >= 15 is 0 Å². The predicted octanol–water partition coefficient (Wildman–Crippen LogP) is 3.03. The first kappa shape index (κ1) is 17.7. The molecule has 0 radical (unpaired) electrons. The molecule has 0 aliphatic carbocycles. The fraction of sp³-hybridized carbons (Fsp3) is 0.0952. The third-order valence-corrected chi connectivity index (χ3v) is 4.37. The van der Waals surface area contributed by atoms with Crippen LogP contribution >= 0.6 is 0 Å². The molecule has 0 aliphatic rings. The third-order valence-electron chi connectivity index (χ3n) is 4.37. The normalized spacial score (nSPS) is 11.0. The van der Waals surface area contributed by atoms with Crippen LogP contribution in [0.2, 0.25) is 0 Å². The van der Waals surface area contributed by atoms with Crippen molar-refractivity contribution in [2.24, 2.45) is 0 Å². The van der Waals surface area contributed by atoms with Gasteiger partial charge in [-0.2, -0.15) is 0 Å². The summed E-state index contributed by atoms with van der Waals surface area (Å²) in [5.41, 5.74) is 1.08. The van der Waals surface area contributed by atoms with E-state index < -0.39 is 11.5 Å². The molecule has 2 heterocycles. The van der Waals surface area contributed by atoms with E-state index in [0.29, 0.717) is 28.8 Å². The number of carbonyl (C=O) groups excluding carboxylic acids is 1. The van der Waals surface area contributed by atoms with Crippen molar-refractivity contribution in [3.63, 3.8) is 0 Å². The number of aromatic amines is 1. The van der Waals surface area contributed by atoms with Gasteiger partial charge in [0.05, 0.1) is 12.1 Å². The van der Waals surface area contributed by atoms with Gasteiger partial charge in [-0.3, -0.25) is 9.59 Å². The van der Waals surface area contributed by atoms with Crippen molar-refractivity contribution < 1.29 is 13.9 Å². The highest BCUT2D eigenvalue weighted by atomic mass is 16.5. The lowest BCUT2D eigenvalue weighted by Crippen LogP contribution is -2.20. The summed E-state index contributed by atoms with van der Waals surface area (Å²) < 4.78 is 10.3. The molecule has 0 unspecified atom stereocenters. The minimum absolute atomic E-state index is 0.0968. The van der Waals surface area contributed by atoms with E-state index in [4.69, 9.17) is 9.15 Å². The number of rotatable bonds is 4. The van der Waals surface area contributed by atoms with Gasteiger partial charge in [-0.1, -0.05) is 24.3 Å². The number of fused-ring (bicyclic) bond motifs is 2. The van der Waals surface area contributed by atoms with Crippen molar-refractivity contribution in [3.8, 4) is 0 Å². The Morgan fingerprint density at radius 2 is 1.93 bits per heavy atom. The molecule has 0 fully saturated rings. The highest BCUT2D eigenvalue weighted by Crippen LogP contribution is 2.21. The van der Waals surface area contributed by atoms with Crippen LogP contribution in [0, 0.1) is 0 Å². The van der Waals surface area contributed by atoms with E-state index in [2.05, 4.69) is 10.3 Å². The number of methoxy groups -OCH3 is 1. The Hall–Kier alpha value is -3.71. The zero-order valence-corrected chi connectivity index (χ0v) is 14.9. The van der Waals surface area contributed by atoms with Crippen molar-refractivity contribution >= 4 is 33.5 Å². The smallest absolute Gasteiger partial charge is 0.349 e. The second-order valence-electron chi connectivity index (χ2n) is 6.29. The monoisotopic (exact) mass is 376 g/mol. The second kappa shape index (κ2) is 7.13. The summed E-state index contributed by atoms with van der Waals surface area (Å²) in [6, 6.07) is 15.0. The molecule has 7 nitrogen and oxygen atoms in total. The Morgan fingerprint density at radius 1 is 1.11 bits per heavy atom. The fourth-order valence-electron chi connectivity index (χ4n) is 3.10. The lowest BCUT2D eigenvalue weighted by atomic mass is 10.1. The van der Waals surface area contributed by atoms with Crippen LogP contribution in [0.5, 0.6) is 0 Å². The van der Waals surface area contributed by atoms with Crippen molar-refractivity contribution in [2.75, 3.05) is 12.4 Å². The maximum atomic E-state index is 12.6. The number of aromatic nitrogens is 1. The Labute approximate surface area is 158 Å². The Bertz CT molecular complexity index is 1320. The molecule has 0 spiro atoms. The average molecular weight is 376 g/mol. The summed E-state index contributed by atoms with van der Waals surface area (Å²) in [5, 5.41) is 4.14. The van der Waals surface area contributed by atoms with Crippen molar-refractivity contribution in [1.29, 1.82) is 0 Å². The maximum absolute atomic E-state index is 12.6. The van der Waals surface area contributed by atoms with E-state index in [1.807, 2.05) is 0 Å². The van der Waals surface area contributed by atoms with Crippen LogP contribution in [0.3, 0.4) is 0 Å². The van der Waals surface area contributed by atoms with Gasteiger partial charge < -0.3 is 19.5 Å². The number of amides is 1. The number of hydrogen-bond donors (Lipinski definition) is 2. The van der Waals surface area contributed by atoms with E-state index in [-0.39, 0.29) is 11.1 Å². The molecule has 0 saturated carbocycles. The average Bonchev–Trinajstić information content (AvgIpc) is 2.67. The molecule has 2 aromatic heterocycles. The first-order valence-corrected chi connectivity index (χ1v) is 8.54. The van der Waals surface area contributed by atoms with E-state index in [9.17, 15) is 14.4 Å². The molecule has 28 heavy (non-hydrogen) atoms. The third kappa shape index (κ3) is 3.30. The van der Waals surface area contributed by atoms with Crippen LogP contribution in [0.4, 0.5) is 5.69 Å². The Balaban J connectivity index is 1.70. The number of carbonyl (C=O) groups is 1. The molecular weight excluding hydrogens is 360 g/mol. The lowest BCUT2D eigenvalue weighted by molar-refractivity contribution is 0.102. The predicted molar refractivity (Wildman–Crippen MR) is 106 cm³/mol. The van der Waals surface area contributed by atoms with Crippen molar-refractivity contribution in [1.82, 2.24) is 4.98 Å². The SMILES string of the molecule is COCc1cc(=O)[nH]c2cc(NC(=O)c3cc4ccccc4oc3=O)ccc12. The van der Waals surface area contributed by atoms with E-state index in [1.54, 1.807) is 49.6 Å². The molecule has 4 aromatic rings. The molecule has 1 amide bonds. The van der Waals surface area contributed by atoms with Gasteiger partial charge in [0.15, 0.2) is 0 Å². The number of H-pyrrole nitrogens is 1. The minimum Gasteiger partial charge on any atom is -0.422 e. The number of ether oxygens (including phenoxy) is 1. The molecule has 2 aromatic carbocycles. The van der Waals surface area contributed by atoms with Crippen LogP contribution in [0.1, 0.15) is 15.9 Å². The minimum atomic E-state index is -0.715.